The summed E-state index contributed by atoms with van der Waals surface area (Å²) in [6.45, 7) is 12.7. The Labute approximate surface area is 188 Å². The maximum atomic E-state index is 13.4. The van der Waals surface area contributed by atoms with Gasteiger partial charge in [-0.1, -0.05) is 84.0 Å². The second kappa shape index (κ2) is 8.34. The zero-order valence-corrected chi connectivity index (χ0v) is 20.2. The largest absolute Gasteiger partial charge is 0.378 e. The Morgan fingerprint density at radius 2 is 1.13 bits per heavy atom. The lowest BCUT2D eigenvalue weighted by atomic mass is 9.71. The van der Waals surface area contributed by atoms with Crippen molar-refractivity contribution in [2.45, 2.75) is 41.5 Å². The first kappa shape index (κ1) is 22.8. The molecule has 0 unspecified atom stereocenters. The molecule has 2 heteroatoms. The van der Waals surface area contributed by atoms with Gasteiger partial charge in [0, 0.05) is 30.9 Å². The number of carbonyl (C=O) groups excluding carboxylic acids is 1. The number of hydrogen-bond donors (Lipinski definition) is 0. The number of benzene rings is 2. The van der Waals surface area contributed by atoms with Gasteiger partial charge in [-0.3, -0.25) is 4.79 Å². The smallest absolute Gasteiger partial charge is 0.186 e. The van der Waals surface area contributed by atoms with E-state index in [0.717, 1.165) is 39.1 Å². The molecule has 0 heterocycles. The van der Waals surface area contributed by atoms with Crippen LogP contribution < -0.4 is 4.90 Å². The minimum absolute atomic E-state index is 0.166. The van der Waals surface area contributed by atoms with E-state index in [4.69, 9.17) is 0 Å². The number of hydrogen-bond acceptors (Lipinski definition) is 2. The molecule has 0 saturated carbocycles. The zero-order chi connectivity index (χ0) is 23.0. The number of allylic oxidation sites excluding steroid dienone is 5. The van der Waals surface area contributed by atoms with Crippen LogP contribution in [0.2, 0.25) is 0 Å². The predicted molar refractivity (Wildman–Crippen MR) is 133 cm³/mol. The summed E-state index contributed by atoms with van der Waals surface area (Å²) in [5, 5.41) is 0. The summed E-state index contributed by atoms with van der Waals surface area (Å²) in [6.07, 6.45) is 4.22. The highest BCUT2D eigenvalue weighted by Crippen LogP contribution is 2.41. The topological polar surface area (TPSA) is 20.3 Å². The molecule has 1 aliphatic carbocycles. The number of nitrogens with zero attached hydrogens (tertiary/aromatic N) is 1. The Morgan fingerprint density at radius 3 is 1.55 bits per heavy atom. The number of ketones is 1. The molecule has 0 aromatic heterocycles. The van der Waals surface area contributed by atoms with Gasteiger partial charge in [-0.25, -0.2) is 0 Å². The van der Waals surface area contributed by atoms with Gasteiger partial charge in [-0.2, -0.15) is 0 Å². The van der Waals surface area contributed by atoms with Crippen LogP contribution >= 0.6 is 0 Å². The highest BCUT2D eigenvalue weighted by atomic mass is 16.1. The van der Waals surface area contributed by atoms with E-state index in [2.05, 4.69) is 121 Å². The van der Waals surface area contributed by atoms with Crippen molar-refractivity contribution in [1.29, 1.82) is 0 Å². The van der Waals surface area contributed by atoms with Crippen LogP contribution in [0.3, 0.4) is 0 Å². The summed E-state index contributed by atoms with van der Waals surface area (Å²) >= 11 is 0. The molecule has 2 aromatic rings. The first-order valence-corrected chi connectivity index (χ1v) is 11.0. The Hall–Kier alpha value is -2.87. The Kier molecular flexibility index (Phi) is 6.14. The van der Waals surface area contributed by atoms with Crippen molar-refractivity contribution in [3.05, 3.63) is 94.6 Å². The van der Waals surface area contributed by atoms with Gasteiger partial charge in [0.25, 0.3) is 0 Å². The van der Waals surface area contributed by atoms with Crippen molar-refractivity contribution in [2.24, 2.45) is 10.8 Å². The second-order valence-corrected chi connectivity index (χ2v) is 10.6. The Balaban J connectivity index is 2.35. The number of carbonyl (C=O) groups is 1. The molecular formula is C29H35NO. The molecule has 0 aliphatic heterocycles. The monoisotopic (exact) mass is 413 g/mol. The zero-order valence-electron chi connectivity index (χ0n) is 20.2. The van der Waals surface area contributed by atoms with Gasteiger partial charge in [0.05, 0.1) is 0 Å². The van der Waals surface area contributed by atoms with E-state index in [-0.39, 0.29) is 16.6 Å². The van der Waals surface area contributed by atoms with E-state index in [1.807, 2.05) is 6.07 Å². The summed E-state index contributed by atoms with van der Waals surface area (Å²) in [5.74, 6) is 0.166. The Bertz CT molecular complexity index is 1010. The summed E-state index contributed by atoms with van der Waals surface area (Å²) in [4.78, 5) is 15.5. The summed E-state index contributed by atoms with van der Waals surface area (Å²) in [7, 11) is 4.10. The quantitative estimate of drug-likeness (QED) is 0.536. The molecule has 2 nitrogen and oxygen atoms in total. The lowest BCUT2D eigenvalue weighted by Gasteiger charge is -2.32. The standard InChI is InChI=1S/C29H35NO/c1-28(2,3)24-18-22(19-25(27(24)31)29(4,5)6)26(20-12-10-9-11-13-20)21-14-16-23(17-15-21)30(7)8/h9-19H,1-8H3. The summed E-state index contributed by atoms with van der Waals surface area (Å²) in [6, 6.07) is 19.1. The predicted octanol–water partition coefficient (Wildman–Crippen LogP) is 7.08. The number of Topliss-reactive ketones (excluding diaryl/α,β-unsaturated/α-hetero) is 1. The normalized spacial score (nSPS) is 14.8. The van der Waals surface area contributed by atoms with Crippen LogP contribution in [0.15, 0.2) is 83.5 Å². The van der Waals surface area contributed by atoms with Gasteiger partial charge in [0.2, 0.25) is 0 Å². The fraction of sp³-hybridized carbons (Fsp3) is 0.345. The summed E-state index contributed by atoms with van der Waals surface area (Å²) < 4.78 is 0. The lowest BCUT2D eigenvalue weighted by molar-refractivity contribution is -0.114. The van der Waals surface area contributed by atoms with Gasteiger partial charge in [0.15, 0.2) is 5.78 Å². The van der Waals surface area contributed by atoms with Crippen LogP contribution in [-0.4, -0.2) is 19.9 Å². The first-order chi connectivity index (χ1) is 14.4. The molecule has 0 atom stereocenters. The van der Waals surface area contributed by atoms with Crippen molar-refractivity contribution < 1.29 is 4.79 Å². The molecule has 31 heavy (non-hydrogen) atoms. The molecule has 2 aromatic carbocycles. The maximum Gasteiger partial charge on any atom is 0.186 e. The van der Waals surface area contributed by atoms with E-state index in [1.54, 1.807) is 0 Å². The SMILES string of the molecule is CN(C)c1ccc(C(=C2C=C(C(C)(C)C)C(=O)C(C(C)(C)C)=C2)c2ccccc2)cc1. The molecule has 0 fully saturated rings. The van der Waals surface area contributed by atoms with E-state index in [0.29, 0.717) is 0 Å². The van der Waals surface area contributed by atoms with Crippen molar-refractivity contribution in [3.63, 3.8) is 0 Å². The van der Waals surface area contributed by atoms with Gasteiger partial charge < -0.3 is 4.90 Å². The fourth-order valence-corrected chi connectivity index (χ4v) is 3.92. The van der Waals surface area contributed by atoms with E-state index >= 15 is 0 Å². The Morgan fingerprint density at radius 1 is 0.677 bits per heavy atom. The molecule has 0 saturated heterocycles. The molecular weight excluding hydrogens is 378 g/mol. The van der Waals surface area contributed by atoms with Crippen molar-refractivity contribution >= 4 is 17.0 Å². The molecule has 3 rings (SSSR count). The van der Waals surface area contributed by atoms with Gasteiger partial charge >= 0.3 is 0 Å². The van der Waals surface area contributed by atoms with Gasteiger partial charge in [-0.05, 0) is 57.4 Å². The van der Waals surface area contributed by atoms with Crippen molar-refractivity contribution in [1.82, 2.24) is 0 Å². The van der Waals surface area contributed by atoms with Crippen LogP contribution in [0.25, 0.3) is 5.57 Å². The minimum Gasteiger partial charge on any atom is -0.378 e. The highest BCUT2D eigenvalue weighted by Gasteiger charge is 2.34. The minimum atomic E-state index is -0.232. The van der Waals surface area contributed by atoms with E-state index < -0.39 is 0 Å². The van der Waals surface area contributed by atoms with Crippen molar-refractivity contribution in [2.75, 3.05) is 19.0 Å². The average molecular weight is 414 g/mol. The van der Waals surface area contributed by atoms with Crippen LogP contribution in [0.5, 0.6) is 0 Å². The molecule has 1 aliphatic rings. The highest BCUT2D eigenvalue weighted by molar-refractivity contribution is 6.12. The third-order valence-corrected chi connectivity index (χ3v) is 5.73. The van der Waals surface area contributed by atoms with Gasteiger partial charge in [0.1, 0.15) is 0 Å². The van der Waals surface area contributed by atoms with Crippen molar-refractivity contribution in [3.8, 4) is 0 Å². The third kappa shape index (κ3) is 4.90. The molecule has 0 N–H and O–H groups in total. The number of anilines is 1. The van der Waals surface area contributed by atoms with Gasteiger partial charge in [-0.15, -0.1) is 0 Å². The van der Waals surface area contributed by atoms with Crippen LogP contribution in [0.1, 0.15) is 52.7 Å². The molecule has 0 bridgehead atoms. The van der Waals surface area contributed by atoms with E-state index in [1.165, 1.54) is 0 Å². The third-order valence-electron chi connectivity index (χ3n) is 5.73. The van der Waals surface area contributed by atoms with Crippen LogP contribution in [-0.2, 0) is 4.79 Å². The maximum absolute atomic E-state index is 13.4. The number of rotatable bonds is 3. The lowest BCUT2D eigenvalue weighted by Crippen LogP contribution is -2.28. The summed E-state index contributed by atoms with van der Waals surface area (Å²) in [5.41, 5.74) is 6.99. The second-order valence-electron chi connectivity index (χ2n) is 10.6. The average Bonchev–Trinajstić information content (AvgIpc) is 2.68. The first-order valence-electron chi connectivity index (χ1n) is 11.0. The van der Waals surface area contributed by atoms with Crippen LogP contribution in [0, 0.1) is 10.8 Å². The molecule has 0 amide bonds. The molecule has 0 radical (unpaired) electrons. The molecule has 162 valence electrons. The van der Waals surface area contributed by atoms with E-state index in [9.17, 15) is 4.79 Å². The molecule has 0 spiro atoms. The fourth-order valence-electron chi connectivity index (χ4n) is 3.92. The van der Waals surface area contributed by atoms with Crippen LogP contribution in [0.4, 0.5) is 5.69 Å².